The van der Waals surface area contributed by atoms with Crippen LogP contribution in [-0.2, 0) is 16.4 Å². The summed E-state index contributed by atoms with van der Waals surface area (Å²) in [7, 11) is -3.14. The van der Waals surface area contributed by atoms with E-state index in [1.165, 1.54) is 0 Å². The second-order valence-electron chi connectivity index (χ2n) is 3.55. The van der Waals surface area contributed by atoms with Gasteiger partial charge in [0.25, 0.3) is 0 Å². The maximum Gasteiger partial charge on any atom is 0.208 e. The minimum absolute atomic E-state index is 0.174. The lowest BCUT2D eigenvalue weighted by Crippen LogP contribution is -2.25. The number of nitrogens with one attached hydrogen (secondary N) is 1. The predicted octanol–water partition coefficient (Wildman–Crippen LogP) is -0.654. The average Bonchev–Trinajstić information content (AvgIpc) is 2.49. The Bertz CT molecular complexity index is 411. The van der Waals surface area contributed by atoms with Gasteiger partial charge in [0.05, 0.1) is 12.3 Å². The number of hydrogen-bond acceptors (Lipinski definition) is 5. The summed E-state index contributed by atoms with van der Waals surface area (Å²) >= 11 is 0. The molecule has 0 radical (unpaired) electrons. The smallest absolute Gasteiger partial charge is 0.208 e. The van der Waals surface area contributed by atoms with Crippen LogP contribution in [-0.4, -0.2) is 41.4 Å². The zero-order valence-electron chi connectivity index (χ0n) is 9.01. The zero-order valence-corrected chi connectivity index (χ0v) is 9.82. The summed E-state index contributed by atoms with van der Waals surface area (Å²) in [5, 5.41) is 11.2. The van der Waals surface area contributed by atoms with Crippen molar-refractivity contribution in [1.29, 1.82) is 0 Å². The van der Waals surface area contributed by atoms with Gasteiger partial charge in [0.2, 0.25) is 10.0 Å². The highest BCUT2D eigenvalue weighted by Crippen LogP contribution is 2.03. The summed E-state index contributed by atoms with van der Waals surface area (Å²) in [6.45, 7) is 4.24. The highest BCUT2D eigenvalue weighted by molar-refractivity contribution is 7.88. The van der Waals surface area contributed by atoms with Crippen molar-refractivity contribution in [1.82, 2.24) is 24.9 Å². The summed E-state index contributed by atoms with van der Waals surface area (Å²) in [6, 6.07) is 0.174. The summed E-state index contributed by atoms with van der Waals surface area (Å²) in [6.07, 6.45) is 1.61. The van der Waals surface area contributed by atoms with Crippen molar-refractivity contribution in [2.45, 2.75) is 26.3 Å². The van der Waals surface area contributed by atoms with Crippen molar-refractivity contribution in [3.05, 3.63) is 5.82 Å². The first-order valence-corrected chi connectivity index (χ1v) is 6.50. The van der Waals surface area contributed by atoms with Crippen LogP contribution in [0.3, 0.4) is 0 Å². The van der Waals surface area contributed by atoms with Crippen molar-refractivity contribution in [3.63, 3.8) is 0 Å². The zero-order chi connectivity index (χ0) is 11.5. The molecule has 0 unspecified atom stereocenters. The fourth-order valence-corrected chi connectivity index (χ4v) is 1.60. The van der Waals surface area contributed by atoms with E-state index in [-0.39, 0.29) is 6.04 Å². The quantitative estimate of drug-likeness (QED) is 0.729. The van der Waals surface area contributed by atoms with E-state index in [9.17, 15) is 8.42 Å². The molecule has 0 aliphatic carbocycles. The fourth-order valence-electron chi connectivity index (χ4n) is 1.13. The van der Waals surface area contributed by atoms with Gasteiger partial charge in [0.1, 0.15) is 0 Å². The van der Waals surface area contributed by atoms with Crippen LogP contribution in [0.1, 0.15) is 25.7 Å². The Balaban J connectivity index is 2.54. The molecule has 1 aromatic heterocycles. The van der Waals surface area contributed by atoms with E-state index in [1.54, 1.807) is 4.68 Å². The van der Waals surface area contributed by atoms with E-state index >= 15 is 0 Å². The molecule has 0 spiro atoms. The van der Waals surface area contributed by atoms with Crippen LogP contribution in [0, 0.1) is 0 Å². The van der Waals surface area contributed by atoms with Gasteiger partial charge in [0.15, 0.2) is 5.82 Å². The van der Waals surface area contributed by atoms with Gasteiger partial charge in [-0.25, -0.2) is 17.8 Å². The van der Waals surface area contributed by atoms with Gasteiger partial charge in [0, 0.05) is 13.0 Å². The topological polar surface area (TPSA) is 89.8 Å². The molecule has 0 amide bonds. The van der Waals surface area contributed by atoms with Crippen molar-refractivity contribution < 1.29 is 8.42 Å². The maximum atomic E-state index is 10.8. The van der Waals surface area contributed by atoms with Crippen LogP contribution in [0.4, 0.5) is 0 Å². The molecule has 0 saturated carbocycles. The molecule has 0 saturated heterocycles. The number of sulfonamides is 1. The first kappa shape index (κ1) is 12.1. The molecule has 1 heterocycles. The molecule has 7 nitrogen and oxygen atoms in total. The summed E-state index contributed by atoms with van der Waals surface area (Å²) in [5.41, 5.74) is 0. The maximum absolute atomic E-state index is 10.8. The van der Waals surface area contributed by atoms with Crippen molar-refractivity contribution in [3.8, 4) is 0 Å². The normalized spacial score (nSPS) is 12.3. The molecule has 0 aliphatic rings. The van der Waals surface area contributed by atoms with E-state index in [2.05, 4.69) is 20.2 Å². The van der Waals surface area contributed by atoms with E-state index < -0.39 is 10.0 Å². The standard InChI is InChI=1S/C7H15N5O2S/c1-6(2)12-7(9-10-11-12)4-5-8-15(3,13)14/h6,8H,4-5H2,1-3H3. The monoisotopic (exact) mass is 233 g/mol. The third kappa shape index (κ3) is 3.92. The van der Waals surface area contributed by atoms with Crippen LogP contribution in [0.5, 0.6) is 0 Å². The summed E-state index contributed by atoms with van der Waals surface area (Å²) < 4.78 is 25.7. The Morgan fingerprint density at radius 1 is 1.47 bits per heavy atom. The minimum Gasteiger partial charge on any atom is -0.227 e. The minimum atomic E-state index is -3.14. The van der Waals surface area contributed by atoms with E-state index in [1.807, 2.05) is 13.8 Å². The molecule has 0 fully saturated rings. The van der Waals surface area contributed by atoms with Gasteiger partial charge >= 0.3 is 0 Å². The van der Waals surface area contributed by atoms with Crippen molar-refractivity contribution in [2.24, 2.45) is 0 Å². The number of rotatable bonds is 5. The number of tetrazole rings is 1. The third-order valence-corrected chi connectivity index (χ3v) is 2.49. The lowest BCUT2D eigenvalue weighted by Gasteiger charge is -2.07. The van der Waals surface area contributed by atoms with Crippen LogP contribution in [0.15, 0.2) is 0 Å². The van der Waals surface area contributed by atoms with Crippen molar-refractivity contribution in [2.75, 3.05) is 12.8 Å². The second-order valence-corrected chi connectivity index (χ2v) is 5.38. The molecule has 8 heteroatoms. The molecular formula is C7H15N5O2S. The van der Waals surface area contributed by atoms with Crippen LogP contribution < -0.4 is 4.72 Å². The Morgan fingerprint density at radius 2 is 2.13 bits per heavy atom. The SMILES string of the molecule is CC(C)n1nnnc1CCNS(C)(=O)=O. The molecule has 86 valence electrons. The lowest BCUT2D eigenvalue weighted by atomic mass is 10.3. The van der Waals surface area contributed by atoms with Crippen LogP contribution in [0.2, 0.25) is 0 Å². The molecule has 0 atom stereocenters. The molecule has 0 aliphatic heterocycles. The highest BCUT2D eigenvalue weighted by atomic mass is 32.2. The first-order valence-electron chi connectivity index (χ1n) is 4.61. The Hall–Kier alpha value is -1.02. The molecule has 0 bridgehead atoms. The van der Waals surface area contributed by atoms with Gasteiger partial charge in [-0.1, -0.05) is 0 Å². The lowest BCUT2D eigenvalue weighted by molar-refractivity contribution is 0.492. The van der Waals surface area contributed by atoms with Crippen molar-refractivity contribution >= 4 is 10.0 Å². The van der Waals surface area contributed by atoms with Crippen LogP contribution in [0.25, 0.3) is 0 Å². The number of hydrogen-bond donors (Lipinski definition) is 1. The molecule has 0 aromatic carbocycles. The molecule has 1 aromatic rings. The van der Waals surface area contributed by atoms with Gasteiger partial charge in [-0.2, -0.15) is 0 Å². The summed E-state index contributed by atoms with van der Waals surface area (Å²) in [5.74, 6) is 0.682. The van der Waals surface area contributed by atoms with Gasteiger partial charge < -0.3 is 0 Å². The largest absolute Gasteiger partial charge is 0.227 e. The molecular weight excluding hydrogens is 218 g/mol. The Labute approximate surface area is 88.9 Å². The molecule has 15 heavy (non-hydrogen) atoms. The molecule has 1 N–H and O–H groups in total. The molecule has 1 rings (SSSR count). The van der Waals surface area contributed by atoms with Crippen LogP contribution >= 0.6 is 0 Å². The van der Waals surface area contributed by atoms with Gasteiger partial charge in [-0.15, -0.1) is 5.10 Å². The van der Waals surface area contributed by atoms with E-state index in [4.69, 9.17) is 0 Å². The Morgan fingerprint density at radius 3 is 2.67 bits per heavy atom. The average molecular weight is 233 g/mol. The number of aromatic nitrogens is 4. The van der Waals surface area contributed by atoms with E-state index in [0.717, 1.165) is 6.26 Å². The highest BCUT2D eigenvalue weighted by Gasteiger charge is 2.09. The predicted molar refractivity (Wildman–Crippen MR) is 54.8 cm³/mol. The van der Waals surface area contributed by atoms with Gasteiger partial charge in [-0.05, 0) is 24.3 Å². The number of nitrogens with zero attached hydrogens (tertiary/aromatic N) is 4. The first-order chi connectivity index (χ1) is 6.90. The Kier molecular flexibility index (Phi) is 3.75. The van der Waals surface area contributed by atoms with Gasteiger partial charge in [-0.3, -0.25) is 0 Å². The second kappa shape index (κ2) is 4.67. The fraction of sp³-hybridized carbons (Fsp3) is 0.857. The van der Waals surface area contributed by atoms with E-state index in [0.29, 0.717) is 18.8 Å². The third-order valence-electron chi connectivity index (χ3n) is 1.76. The summed E-state index contributed by atoms with van der Waals surface area (Å²) in [4.78, 5) is 0.